The van der Waals surface area contributed by atoms with Gasteiger partial charge in [-0.3, -0.25) is 9.59 Å². The number of methoxy groups -OCH3 is 1. The quantitative estimate of drug-likeness (QED) is 0.789. The summed E-state index contributed by atoms with van der Waals surface area (Å²) < 4.78 is 5.23. The predicted octanol–water partition coefficient (Wildman–Crippen LogP) is 1.33. The number of ether oxygens (including phenoxy) is 1. The van der Waals surface area contributed by atoms with Crippen LogP contribution in [0.3, 0.4) is 0 Å². The van der Waals surface area contributed by atoms with Gasteiger partial charge in [0.15, 0.2) is 0 Å². The summed E-state index contributed by atoms with van der Waals surface area (Å²) in [6.07, 6.45) is 3.61. The van der Waals surface area contributed by atoms with Gasteiger partial charge in [0.05, 0.1) is 11.5 Å². The Bertz CT molecular complexity index is 443. The molecule has 118 valence electrons. The van der Waals surface area contributed by atoms with E-state index in [9.17, 15) is 9.59 Å². The third-order valence-corrected chi connectivity index (χ3v) is 6.47. The summed E-state index contributed by atoms with van der Waals surface area (Å²) >= 11 is 1.76. The Labute approximate surface area is 130 Å². The van der Waals surface area contributed by atoms with Gasteiger partial charge in [0.1, 0.15) is 6.04 Å². The van der Waals surface area contributed by atoms with Gasteiger partial charge in [0.2, 0.25) is 11.8 Å². The van der Waals surface area contributed by atoms with E-state index < -0.39 is 0 Å². The number of thioether (sulfide) groups is 1. The number of fused-ring (bicyclic) bond motifs is 1. The summed E-state index contributed by atoms with van der Waals surface area (Å²) in [5, 5.41) is 0. The van der Waals surface area contributed by atoms with Crippen LogP contribution in [0.15, 0.2) is 0 Å². The van der Waals surface area contributed by atoms with Gasteiger partial charge in [-0.1, -0.05) is 0 Å². The molecule has 0 spiro atoms. The van der Waals surface area contributed by atoms with Gasteiger partial charge in [0, 0.05) is 32.4 Å². The highest BCUT2D eigenvalue weighted by molar-refractivity contribution is 8.01. The van der Waals surface area contributed by atoms with Gasteiger partial charge >= 0.3 is 0 Å². The van der Waals surface area contributed by atoms with E-state index in [1.807, 2.05) is 9.80 Å². The molecule has 3 aliphatic heterocycles. The second kappa shape index (κ2) is 5.80. The van der Waals surface area contributed by atoms with Crippen molar-refractivity contribution in [2.24, 2.45) is 5.92 Å². The highest BCUT2D eigenvalue weighted by atomic mass is 32.2. The van der Waals surface area contributed by atoms with Gasteiger partial charge in [-0.2, -0.15) is 0 Å². The van der Waals surface area contributed by atoms with Crippen LogP contribution in [0, 0.1) is 5.92 Å². The first-order chi connectivity index (χ1) is 10.0. The van der Waals surface area contributed by atoms with Gasteiger partial charge in [-0.05, 0) is 32.1 Å². The molecular formula is C15H24N2O3S. The summed E-state index contributed by atoms with van der Waals surface area (Å²) in [7, 11) is 1.71. The summed E-state index contributed by atoms with van der Waals surface area (Å²) in [5.41, 5.74) is 0. The minimum atomic E-state index is -0.253. The molecule has 6 heteroatoms. The molecule has 2 amide bonds. The highest BCUT2D eigenvalue weighted by Crippen LogP contribution is 2.47. The average Bonchev–Trinajstić information content (AvgIpc) is 2.96. The Morgan fingerprint density at radius 1 is 1.52 bits per heavy atom. The fourth-order valence-electron chi connectivity index (χ4n) is 3.85. The topological polar surface area (TPSA) is 49.9 Å². The van der Waals surface area contributed by atoms with Crippen molar-refractivity contribution in [1.82, 2.24) is 9.80 Å². The van der Waals surface area contributed by atoms with Crippen LogP contribution in [0.5, 0.6) is 0 Å². The van der Waals surface area contributed by atoms with Crippen molar-refractivity contribution in [1.29, 1.82) is 0 Å². The summed E-state index contributed by atoms with van der Waals surface area (Å²) in [4.78, 5) is 28.7. The van der Waals surface area contributed by atoms with Crippen LogP contribution < -0.4 is 0 Å². The lowest BCUT2D eigenvalue weighted by atomic mass is 9.98. The van der Waals surface area contributed by atoms with Gasteiger partial charge < -0.3 is 14.5 Å². The molecule has 3 unspecified atom stereocenters. The molecule has 3 rings (SSSR count). The number of piperidine rings is 1. The number of likely N-dealkylation sites (tertiary alicyclic amines) is 1. The van der Waals surface area contributed by atoms with E-state index in [0.717, 1.165) is 38.1 Å². The first-order valence-corrected chi connectivity index (χ1v) is 8.77. The lowest BCUT2D eigenvalue weighted by Crippen LogP contribution is -2.53. The van der Waals surface area contributed by atoms with Crippen molar-refractivity contribution in [2.45, 2.75) is 43.5 Å². The van der Waals surface area contributed by atoms with Crippen LogP contribution >= 0.6 is 11.8 Å². The molecule has 3 atom stereocenters. The van der Waals surface area contributed by atoms with Gasteiger partial charge in [-0.25, -0.2) is 0 Å². The summed E-state index contributed by atoms with van der Waals surface area (Å²) in [6, 6.07) is -0.253. The zero-order chi connectivity index (χ0) is 15.0. The molecule has 0 aromatic heterocycles. The maximum absolute atomic E-state index is 12.9. The van der Waals surface area contributed by atoms with Crippen LogP contribution in [0.25, 0.3) is 0 Å². The maximum Gasteiger partial charge on any atom is 0.246 e. The zero-order valence-corrected chi connectivity index (χ0v) is 13.7. The van der Waals surface area contributed by atoms with Crippen molar-refractivity contribution in [2.75, 3.05) is 32.6 Å². The molecule has 0 aliphatic carbocycles. The lowest BCUT2D eigenvalue weighted by Gasteiger charge is -2.37. The Morgan fingerprint density at radius 2 is 2.33 bits per heavy atom. The monoisotopic (exact) mass is 312 g/mol. The molecule has 0 bridgehead atoms. The lowest BCUT2D eigenvalue weighted by molar-refractivity contribution is -0.145. The number of carbonyl (C=O) groups is 2. The number of hydrogen-bond donors (Lipinski definition) is 0. The van der Waals surface area contributed by atoms with Crippen LogP contribution in [-0.4, -0.2) is 65.1 Å². The van der Waals surface area contributed by atoms with E-state index in [0.29, 0.717) is 18.9 Å². The number of nitrogens with zero attached hydrogens (tertiary/aromatic N) is 2. The molecule has 3 saturated heterocycles. The van der Waals surface area contributed by atoms with E-state index in [1.54, 1.807) is 18.9 Å². The molecule has 0 saturated carbocycles. The molecule has 0 aromatic rings. The Kier molecular flexibility index (Phi) is 4.19. The number of carbonyl (C=O) groups excluding carboxylic acids is 2. The fraction of sp³-hybridized carbons (Fsp3) is 0.867. The summed E-state index contributed by atoms with van der Waals surface area (Å²) in [5.74, 6) is 1.46. The minimum absolute atomic E-state index is 0.141. The molecule has 21 heavy (non-hydrogen) atoms. The van der Waals surface area contributed by atoms with E-state index >= 15 is 0 Å². The first kappa shape index (κ1) is 15.2. The van der Waals surface area contributed by atoms with Crippen molar-refractivity contribution < 1.29 is 14.3 Å². The smallest absolute Gasteiger partial charge is 0.246 e. The molecular weight excluding hydrogens is 288 g/mol. The van der Waals surface area contributed by atoms with Crippen LogP contribution in [0.1, 0.15) is 32.6 Å². The Morgan fingerprint density at radius 3 is 3.10 bits per heavy atom. The summed E-state index contributed by atoms with van der Waals surface area (Å²) in [6.45, 7) is 4.40. The van der Waals surface area contributed by atoms with E-state index in [4.69, 9.17) is 4.74 Å². The van der Waals surface area contributed by atoms with Crippen molar-refractivity contribution in [3.63, 3.8) is 0 Å². The average molecular weight is 312 g/mol. The number of hydrogen-bond acceptors (Lipinski definition) is 4. The Balaban J connectivity index is 1.69. The fourth-order valence-corrected chi connectivity index (χ4v) is 5.27. The molecule has 5 nitrogen and oxygen atoms in total. The molecule has 3 heterocycles. The second-order valence-electron chi connectivity index (χ2n) is 6.51. The van der Waals surface area contributed by atoms with Crippen LogP contribution in [0.4, 0.5) is 0 Å². The van der Waals surface area contributed by atoms with E-state index in [2.05, 4.69) is 6.92 Å². The molecule has 0 radical (unpaired) electrons. The van der Waals surface area contributed by atoms with E-state index in [1.165, 1.54) is 0 Å². The molecule has 0 N–H and O–H groups in total. The number of rotatable bonds is 3. The van der Waals surface area contributed by atoms with Crippen LogP contribution in [-0.2, 0) is 14.3 Å². The zero-order valence-electron chi connectivity index (χ0n) is 12.8. The number of amides is 2. The standard InChI is InChI=1S/C15H24N2O3S/c1-15-6-5-13(18)17(15)12(10-21-15)14(19)16-7-3-4-11(8-16)9-20-2/h11-12H,3-10H2,1-2H3. The van der Waals surface area contributed by atoms with E-state index in [-0.39, 0.29) is 22.7 Å². The largest absolute Gasteiger partial charge is 0.384 e. The van der Waals surface area contributed by atoms with Crippen molar-refractivity contribution in [3.05, 3.63) is 0 Å². The predicted molar refractivity (Wildman–Crippen MR) is 81.9 cm³/mol. The first-order valence-electron chi connectivity index (χ1n) is 7.79. The highest BCUT2D eigenvalue weighted by Gasteiger charge is 2.53. The van der Waals surface area contributed by atoms with Crippen molar-refractivity contribution >= 4 is 23.6 Å². The Hall–Kier alpha value is -0.750. The van der Waals surface area contributed by atoms with Gasteiger partial charge in [0.25, 0.3) is 0 Å². The second-order valence-corrected chi connectivity index (χ2v) is 8.01. The van der Waals surface area contributed by atoms with Gasteiger partial charge in [-0.15, -0.1) is 11.8 Å². The normalized spacial score (nSPS) is 36.2. The van der Waals surface area contributed by atoms with Crippen LogP contribution in [0.2, 0.25) is 0 Å². The maximum atomic E-state index is 12.9. The minimum Gasteiger partial charge on any atom is -0.384 e. The third kappa shape index (κ3) is 2.68. The molecule has 0 aromatic carbocycles. The third-order valence-electron chi connectivity index (χ3n) is 4.96. The van der Waals surface area contributed by atoms with Crippen molar-refractivity contribution in [3.8, 4) is 0 Å². The molecule has 3 fully saturated rings. The SMILES string of the molecule is COCC1CCCN(C(=O)C2CSC3(C)CCC(=O)N23)C1. The molecule has 3 aliphatic rings.